The highest BCUT2D eigenvalue weighted by molar-refractivity contribution is 5.76. The van der Waals surface area contributed by atoms with Crippen LogP contribution in [0.25, 0.3) is 0 Å². The molecule has 1 rings (SSSR count). The lowest BCUT2D eigenvalue weighted by Gasteiger charge is -2.19. The zero-order valence-corrected chi connectivity index (χ0v) is 9.71. The Morgan fingerprint density at radius 1 is 1.24 bits per heavy atom. The third-order valence-electron chi connectivity index (χ3n) is 2.43. The van der Waals surface area contributed by atoms with Gasteiger partial charge in [0.25, 0.3) is 0 Å². The fourth-order valence-corrected chi connectivity index (χ4v) is 1.36. The number of carbonyl (C=O) groups is 1. The largest absolute Gasteiger partial charge is 0.416 e. The summed E-state index contributed by atoms with van der Waals surface area (Å²) in [5, 5.41) is 0. The molecule has 2 nitrogen and oxygen atoms in total. The number of rotatable bonds is 4. The number of ketones is 1. The van der Waals surface area contributed by atoms with E-state index in [4.69, 9.17) is 0 Å². The second kappa shape index (κ2) is 5.21. The Morgan fingerprint density at radius 3 is 2.18 bits per heavy atom. The van der Waals surface area contributed by atoms with Crippen LogP contribution in [0.15, 0.2) is 24.3 Å². The van der Waals surface area contributed by atoms with Gasteiger partial charge in [0.05, 0.1) is 5.56 Å². The van der Waals surface area contributed by atoms with Crippen molar-refractivity contribution in [2.24, 2.45) is 0 Å². The molecular weight excluding hydrogens is 231 g/mol. The van der Waals surface area contributed by atoms with Gasteiger partial charge in [-0.2, -0.15) is 13.2 Å². The average Bonchev–Trinajstić information content (AvgIpc) is 2.25. The molecule has 0 aliphatic heterocycles. The Bertz CT molecular complexity index is 384. The summed E-state index contributed by atoms with van der Waals surface area (Å²) in [6.07, 6.45) is -3.92. The van der Waals surface area contributed by atoms with E-state index in [-0.39, 0.29) is 5.78 Å². The number of alkyl halides is 3. The van der Waals surface area contributed by atoms with Gasteiger partial charge in [0.2, 0.25) is 0 Å². The van der Waals surface area contributed by atoms with Crippen molar-refractivity contribution in [2.75, 3.05) is 18.5 Å². The lowest BCUT2D eigenvalue weighted by Crippen LogP contribution is -2.20. The van der Waals surface area contributed by atoms with Gasteiger partial charge in [-0.3, -0.25) is 4.79 Å². The fourth-order valence-electron chi connectivity index (χ4n) is 1.36. The number of benzene rings is 1. The molecule has 0 bridgehead atoms. The third kappa shape index (κ3) is 4.09. The monoisotopic (exact) mass is 245 g/mol. The highest BCUT2D eigenvalue weighted by Gasteiger charge is 2.30. The molecule has 0 amide bonds. The summed E-state index contributed by atoms with van der Waals surface area (Å²) in [5.41, 5.74) is 0.000433. The molecule has 17 heavy (non-hydrogen) atoms. The minimum Gasteiger partial charge on any atom is -0.374 e. The first-order chi connectivity index (χ1) is 7.80. The van der Waals surface area contributed by atoms with E-state index in [2.05, 4.69) is 0 Å². The van der Waals surface area contributed by atoms with Crippen molar-refractivity contribution in [3.8, 4) is 0 Å². The number of hydrogen-bond acceptors (Lipinski definition) is 2. The molecule has 0 N–H and O–H groups in total. The van der Waals surface area contributed by atoms with E-state index in [0.717, 1.165) is 12.1 Å². The van der Waals surface area contributed by atoms with Gasteiger partial charge in [-0.05, 0) is 31.2 Å². The van der Waals surface area contributed by atoms with Gasteiger partial charge in [-0.25, -0.2) is 0 Å². The summed E-state index contributed by atoms with van der Waals surface area (Å²) in [4.78, 5) is 12.5. The van der Waals surface area contributed by atoms with Gasteiger partial charge in [0.1, 0.15) is 5.78 Å². The summed E-state index contributed by atoms with van der Waals surface area (Å²) in [6, 6.07) is 4.89. The molecule has 0 unspecified atom stereocenters. The zero-order chi connectivity index (χ0) is 13.1. The molecular formula is C12H14F3NO. The van der Waals surface area contributed by atoms with Crippen molar-refractivity contribution in [2.45, 2.75) is 19.5 Å². The van der Waals surface area contributed by atoms with E-state index in [1.807, 2.05) is 0 Å². The van der Waals surface area contributed by atoms with Crippen LogP contribution in [0.3, 0.4) is 0 Å². The summed E-state index contributed by atoms with van der Waals surface area (Å²) in [6.45, 7) is 1.99. The van der Waals surface area contributed by atoms with Gasteiger partial charge < -0.3 is 4.90 Å². The van der Waals surface area contributed by atoms with E-state index >= 15 is 0 Å². The normalized spacial score (nSPS) is 11.4. The van der Waals surface area contributed by atoms with Crippen LogP contribution in [0.2, 0.25) is 0 Å². The molecule has 5 heteroatoms. The molecule has 0 saturated heterocycles. The van der Waals surface area contributed by atoms with E-state index in [1.165, 1.54) is 19.1 Å². The van der Waals surface area contributed by atoms with Crippen LogP contribution >= 0.6 is 0 Å². The Labute approximate surface area is 98.0 Å². The first-order valence-corrected chi connectivity index (χ1v) is 5.18. The molecule has 1 aromatic rings. The lowest BCUT2D eigenvalue weighted by atomic mass is 10.2. The number of nitrogens with zero attached hydrogens (tertiary/aromatic N) is 1. The highest BCUT2D eigenvalue weighted by Crippen LogP contribution is 2.30. The van der Waals surface area contributed by atoms with E-state index < -0.39 is 11.7 Å². The zero-order valence-electron chi connectivity index (χ0n) is 9.71. The van der Waals surface area contributed by atoms with Crippen LogP contribution in [0, 0.1) is 0 Å². The minimum absolute atomic E-state index is 0.0590. The van der Waals surface area contributed by atoms with Crippen molar-refractivity contribution >= 4 is 11.5 Å². The summed E-state index contributed by atoms with van der Waals surface area (Å²) in [5.74, 6) is 0.0590. The maximum Gasteiger partial charge on any atom is 0.416 e. The molecule has 0 spiro atoms. The number of halogens is 3. The van der Waals surface area contributed by atoms with Crippen molar-refractivity contribution < 1.29 is 18.0 Å². The van der Waals surface area contributed by atoms with E-state index in [1.54, 1.807) is 11.9 Å². The second-order valence-corrected chi connectivity index (χ2v) is 3.92. The molecule has 0 aliphatic carbocycles. The summed E-state index contributed by atoms with van der Waals surface area (Å²) >= 11 is 0. The quantitative estimate of drug-likeness (QED) is 0.812. The molecule has 1 aromatic carbocycles. The van der Waals surface area contributed by atoms with Crippen LogP contribution in [0.4, 0.5) is 18.9 Å². The lowest BCUT2D eigenvalue weighted by molar-refractivity contribution is -0.137. The number of Topliss-reactive ketones (excluding diaryl/α,β-unsaturated/α-hetero) is 1. The number of carbonyl (C=O) groups excluding carboxylic acids is 1. The smallest absolute Gasteiger partial charge is 0.374 e. The van der Waals surface area contributed by atoms with Crippen molar-refractivity contribution in [1.29, 1.82) is 0 Å². The number of anilines is 1. The Hall–Kier alpha value is -1.52. The fraction of sp³-hybridized carbons (Fsp3) is 0.417. The topological polar surface area (TPSA) is 20.3 Å². The predicted molar refractivity (Wildman–Crippen MR) is 60.0 cm³/mol. The molecule has 0 aromatic heterocycles. The van der Waals surface area contributed by atoms with Crippen LogP contribution in [0.1, 0.15) is 18.9 Å². The van der Waals surface area contributed by atoms with Crippen molar-refractivity contribution in [3.05, 3.63) is 29.8 Å². The van der Waals surface area contributed by atoms with Crippen LogP contribution in [-0.4, -0.2) is 19.4 Å². The average molecular weight is 245 g/mol. The van der Waals surface area contributed by atoms with Gasteiger partial charge in [0, 0.05) is 25.7 Å². The molecule has 0 radical (unpaired) electrons. The summed E-state index contributed by atoms with van der Waals surface area (Å²) < 4.78 is 36.9. The van der Waals surface area contributed by atoms with Crippen molar-refractivity contribution in [1.82, 2.24) is 0 Å². The first kappa shape index (κ1) is 13.5. The van der Waals surface area contributed by atoms with E-state index in [0.29, 0.717) is 18.7 Å². The molecule has 0 aliphatic rings. The number of hydrogen-bond donors (Lipinski definition) is 0. The van der Waals surface area contributed by atoms with Crippen molar-refractivity contribution in [3.63, 3.8) is 0 Å². The van der Waals surface area contributed by atoms with Gasteiger partial charge in [-0.15, -0.1) is 0 Å². The van der Waals surface area contributed by atoms with Crippen LogP contribution in [0.5, 0.6) is 0 Å². The maximum atomic E-state index is 12.3. The molecule has 0 heterocycles. The van der Waals surface area contributed by atoms with Crippen LogP contribution < -0.4 is 4.90 Å². The first-order valence-electron chi connectivity index (χ1n) is 5.18. The summed E-state index contributed by atoms with van der Waals surface area (Å²) in [7, 11) is 1.74. The highest BCUT2D eigenvalue weighted by atomic mass is 19.4. The van der Waals surface area contributed by atoms with Crippen LogP contribution in [-0.2, 0) is 11.0 Å². The maximum absolute atomic E-state index is 12.3. The molecule has 0 fully saturated rings. The minimum atomic E-state index is -4.31. The molecule has 0 saturated carbocycles. The second-order valence-electron chi connectivity index (χ2n) is 3.92. The molecule has 94 valence electrons. The van der Waals surface area contributed by atoms with E-state index in [9.17, 15) is 18.0 Å². The Balaban J connectivity index is 2.70. The van der Waals surface area contributed by atoms with Gasteiger partial charge in [0.15, 0.2) is 0 Å². The Morgan fingerprint density at radius 2 is 1.76 bits per heavy atom. The van der Waals surface area contributed by atoms with Gasteiger partial charge >= 0.3 is 6.18 Å². The Kier molecular flexibility index (Phi) is 4.15. The van der Waals surface area contributed by atoms with Gasteiger partial charge in [-0.1, -0.05) is 0 Å². The third-order valence-corrected chi connectivity index (χ3v) is 2.43. The SMILES string of the molecule is CC(=O)CCN(C)c1ccc(C(F)(F)F)cc1. The molecule has 0 atom stereocenters. The standard InChI is InChI=1S/C12H14F3NO/c1-9(17)7-8-16(2)11-5-3-10(4-6-11)12(13,14)15/h3-6H,7-8H2,1-2H3. The predicted octanol–water partition coefficient (Wildman–Crippen LogP) is 3.12.